The number of imidazole rings is 1. The molecule has 1 aliphatic rings. The van der Waals surface area contributed by atoms with Crippen molar-refractivity contribution in [1.29, 1.82) is 0 Å². The number of pyridine rings is 1. The lowest BCUT2D eigenvalue weighted by molar-refractivity contribution is 0.178. The topological polar surface area (TPSA) is 72.3 Å². The van der Waals surface area contributed by atoms with Gasteiger partial charge >= 0.3 is 6.03 Å². The summed E-state index contributed by atoms with van der Waals surface area (Å²) in [6.07, 6.45) is 8.66. The van der Waals surface area contributed by atoms with E-state index in [1.165, 1.54) is 0 Å². The van der Waals surface area contributed by atoms with Gasteiger partial charge in [-0.1, -0.05) is 12.1 Å². The van der Waals surface area contributed by atoms with Crippen molar-refractivity contribution < 1.29 is 9.53 Å². The standard InChI is InChI=1S/C25H31N5O2/c1-3-32-23-9-5-4-8-22(23)28-25(31)29-14-10-20(11-15-29)12-16-30-19(2)17-27-24(30)21-7-6-13-26-18-21/h4-9,13,17-18,20H,3,10-12,14-16H2,1-2H3,(H,28,31). The SMILES string of the molecule is CCOc1ccccc1NC(=O)N1CCC(CCn2c(C)cnc2-c2cccnc2)CC1. The van der Waals surface area contributed by atoms with Crippen molar-refractivity contribution in [2.24, 2.45) is 5.92 Å². The summed E-state index contributed by atoms with van der Waals surface area (Å²) in [4.78, 5) is 23.5. The third kappa shape index (κ3) is 5.10. The number of benzene rings is 1. The molecule has 7 nitrogen and oxygen atoms in total. The average Bonchev–Trinajstić information content (AvgIpc) is 3.20. The van der Waals surface area contributed by atoms with Crippen LogP contribution >= 0.6 is 0 Å². The van der Waals surface area contributed by atoms with Crippen molar-refractivity contribution in [3.8, 4) is 17.1 Å². The van der Waals surface area contributed by atoms with E-state index in [0.717, 1.165) is 61.7 Å². The van der Waals surface area contributed by atoms with Crippen LogP contribution in [0.4, 0.5) is 10.5 Å². The minimum Gasteiger partial charge on any atom is -0.492 e. The minimum atomic E-state index is -0.0556. The van der Waals surface area contributed by atoms with E-state index >= 15 is 0 Å². The van der Waals surface area contributed by atoms with Gasteiger partial charge in [0.2, 0.25) is 0 Å². The van der Waals surface area contributed by atoms with E-state index in [1.807, 2.05) is 60.6 Å². The summed E-state index contributed by atoms with van der Waals surface area (Å²) in [7, 11) is 0. The summed E-state index contributed by atoms with van der Waals surface area (Å²) < 4.78 is 7.89. The summed E-state index contributed by atoms with van der Waals surface area (Å²) >= 11 is 0. The Morgan fingerprint density at radius 3 is 2.72 bits per heavy atom. The molecule has 1 aliphatic heterocycles. The van der Waals surface area contributed by atoms with Crippen LogP contribution in [0.15, 0.2) is 55.0 Å². The number of para-hydroxylation sites is 2. The summed E-state index contributed by atoms with van der Waals surface area (Å²) in [6.45, 7) is 7.07. The molecule has 4 rings (SSSR count). The number of carbonyl (C=O) groups is 1. The lowest BCUT2D eigenvalue weighted by Crippen LogP contribution is -2.41. The number of aryl methyl sites for hydroxylation is 1. The molecule has 0 radical (unpaired) electrons. The molecule has 3 aromatic rings. The van der Waals surface area contributed by atoms with Crippen molar-refractivity contribution >= 4 is 11.7 Å². The first-order valence-electron chi connectivity index (χ1n) is 11.4. The van der Waals surface area contributed by atoms with Gasteiger partial charge in [-0.3, -0.25) is 4.98 Å². The Morgan fingerprint density at radius 2 is 1.97 bits per heavy atom. The molecule has 0 unspecified atom stereocenters. The van der Waals surface area contributed by atoms with Gasteiger partial charge < -0.3 is 19.5 Å². The first kappa shape index (κ1) is 21.9. The fraction of sp³-hybridized carbons (Fsp3) is 0.400. The molecule has 32 heavy (non-hydrogen) atoms. The normalized spacial score (nSPS) is 14.4. The maximum atomic E-state index is 12.8. The first-order valence-corrected chi connectivity index (χ1v) is 11.4. The second kappa shape index (κ2) is 10.3. The number of ether oxygens (including phenoxy) is 1. The minimum absolute atomic E-state index is 0.0556. The third-order valence-corrected chi connectivity index (χ3v) is 6.07. The predicted octanol–water partition coefficient (Wildman–Crippen LogP) is 4.99. The van der Waals surface area contributed by atoms with Gasteiger partial charge in [0.1, 0.15) is 11.6 Å². The van der Waals surface area contributed by atoms with Crippen LogP contribution in [0.3, 0.4) is 0 Å². The van der Waals surface area contributed by atoms with E-state index in [9.17, 15) is 4.79 Å². The molecule has 0 saturated carbocycles. The van der Waals surface area contributed by atoms with Crippen LogP contribution in [0.1, 0.15) is 31.9 Å². The molecular formula is C25H31N5O2. The van der Waals surface area contributed by atoms with Crippen LogP contribution in [0.2, 0.25) is 0 Å². The molecule has 168 valence electrons. The fourth-order valence-electron chi connectivity index (χ4n) is 4.25. The number of nitrogens with one attached hydrogen (secondary N) is 1. The van der Waals surface area contributed by atoms with Gasteiger partial charge in [-0.05, 0) is 63.3 Å². The van der Waals surface area contributed by atoms with E-state index in [1.54, 1.807) is 6.20 Å². The maximum absolute atomic E-state index is 12.8. The Balaban J connectivity index is 1.30. The zero-order valence-electron chi connectivity index (χ0n) is 18.8. The molecule has 0 aliphatic carbocycles. The molecule has 2 aromatic heterocycles. The van der Waals surface area contributed by atoms with E-state index < -0.39 is 0 Å². The fourth-order valence-corrected chi connectivity index (χ4v) is 4.25. The number of nitrogens with zero attached hydrogens (tertiary/aromatic N) is 4. The van der Waals surface area contributed by atoms with Crippen molar-refractivity contribution in [2.75, 3.05) is 25.0 Å². The molecule has 0 spiro atoms. The van der Waals surface area contributed by atoms with Gasteiger partial charge in [-0.15, -0.1) is 0 Å². The number of likely N-dealkylation sites (tertiary alicyclic amines) is 1. The highest BCUT2D eigenvalue weighted by Gasteiger charge is 2.24. The number of hydrogen-bond donors (Lipinski definition) is 1. The smallest absolute Gasteiger partial charge is 0.321 e. The number of urea groups is 1. The number of amides is 2. The average molecular weight is 434 g/mol. The second-order valence-corrected chi connectivity index (χ2v) is 8.19. The largest absolute Gasteiger partial charge is 0.492 e. The number of anilines is 1. The first-order chi connectivity index (χ1) is 15.7. The van der Waals surface area contributed by atoms with Crippen molar-refractivity contribution in [1.82, 2.24) is 19.4 Å². The monoisotopic (exact) mass is 433 g/mol. The number of hydrogen-bond acceptors (Lipinski definition) is 4. The van der Waals surface area contributed by atoms with E-state index in [2.05, 4.69) is 26.8 Å². The quantitative estimate of drug-likeness (QED) is 0.570. The van der Waals surface area contributed by atoms with Crippen LogP contribution in [0.25, 0.3) is 11.4 Å². The van der Waals surface area contributed by atoms with Crippen LogP contribution in [0.5, 0.6) is 5.75 Å². The van der Waals surface area contributed by atoms with Crippen molar-refractivity contribution in [3.63, 3.8) is 0 Å². The van der Waals surface area contributed by atoms with E-state index in [4.69, 9.17) is 4.74 Å². The van der Waals surface area contributed by atoms with Gasteiger partial charge in [0.15, 0.2) is 0 Å². The van der Waals surface area contributed by atoms with Crippen LogP contribution in [-0.4, -0.2) is 45.2 Å². The molecule has 1 N–H and O–H groups in total. The number of aromatic nitrogens is 3. The van der Waals surface area contributed by atoms with Gasteiger partial charge in [-0.2, -0.15) is 0 Å². The third-order valence-electron chi connectivity index (χ3n) is 6.07. The number of piperidine rings is 1. The van der Waals surface area contributed by atoms with E-state index in [-0.39, 0.29) is 6.03 Å². The lowest BCUT2D eigenvalue weighted by atomic mass is 9.93. The summed E-state index contributed by atoms with van der Waals surface area (Å²) in [5.41, 5.74) is 2.92. The maximum Gasteiger partial charge on any atom is 0.321 e. The molecular weight excluding hydrogens is 402 g/mol. The number of carbonyl (C=O) groups excluding carboxylic acids is 1. The van der Waals surface area contributed by atoms with Gasteiger partial charge in [0.05, 0.1) is 12.3 Å². The Bertz CT molecular complexity index is 1030. The molecule has 3 heterocycles. The number of rotatable bonds is 7. The summed E-state index contributed by atoms with van der Waals surface area (Å²) in [6, 6.07) is 11.5. The summed E-state index contributed by atoms with van der Waals surface area (Å²) in [5.74, 6) is 2.28. The molecule has 2 amide bonds. The van der Waals surface area contributed by atoms with Gasteiger partial charge in [-0.25, -0.2) is 9.78 Å². The predicted molar refractivity (Wildman–Crippen MR) is 126 cm³/mol. The van der Waals surface area contributed by atoms with E-state index in [0.29, 0.717) is 18.3 Å². The Kier molecular flexibility index (Phi) is 7.04. The van der Waals surface area contributed by atoms with Crippen molar-refractivity contribution in [2.45, 2.75) is 39.7 Å². The molecule has 0 atom stereocenters. The van der Waals surface area contributed by atoms with Gasteiger partial charge in [0.25, 0.3) is 0 Å². The Hall–Kier alpha value is -3.35. The molecule has 1 aromatic carbocycles. The highest BCUT2D eigenvalue weighted by Crippen LogP contribution is 2.27. The van der Waals surface area contributed by atoms with Crippen LogP contribution < -0.4 is 10.1 Å². The highest BCUT2D eigenvalue weighted by atomic mass is 16.5. The zero-order valence-corrected chi connectivity index (χ0v) is 18.8. The van der Waals surface area contributed by atoms with Gasteiger partial charge in [0, 0.05) is 49.5 Å². The molecule has 1 saturated heterocycles. The summed E-state index contributed by atoms with van der Waals surface area (Å²) in [5, 5.41) is 3.01. The van der Waals surface area contributed by atoms with Crippen LogP contribution in [-0.2, 0) is 6.54 Å². The Morgan fingerprint density at radius 1 is 1.16 bits per heavy atom. The van der Waals surface area contributed by atoms with Crippen molar-refractivity contribution in [3.05, 3.63) is 60.7 Å². The molecule has 1 fully saturated rings. The lowest BCUT2D eigenvalue weighted by Gasteiger charge is -2.32. The second-order valence-electron chi connectivity index (χ2n) is 8.19. The zero-order chi connectivity index (χ0) is 22.3. The Labute approximate surface area is 189 Å². The molecule has 7 heteroatoms. The van der Waals surface area contributed by atoms with Crippen LogP contribution in [0, 0.1) is 12.8 Å². The highest BCUT2D eigenvalue weighted by molar-refractivity contribution is 5.91. The molecule has 0 bridgehead atoms.